The van der Waals surface area contributed by atoms with Crippen LogP contribution in [0.4, 0.5) is 5.82 Å². The highest BCUT2D eigenvalue weighted by molar-refractivity contribution is 6.00. The van der Waals surface area contributed by atoms with E-state index < -0.39 is 0 Å². The van der Waals surface area contributed by atoms with Gasteiger partial charge >= 0.3 is 0 Å². The fraction of sp³-hybridized carbons (Fsp3) is 0.375. The number of aromatic nitrogens is 2. The molecular weight excluding hydrogens is 609 g/mol. The molecule has 0 unspecified atom stereocenters. The van der Waals surface area contributed by atoms with Gasteiger partial charge in [-0.2, -0.15) is 0 Å². The van der Waals surface area contributed by atoms with Gasteiger partial charge in [-0.3, -0.25) is 4.90 Å². The number of likely N-dealkylation sites (tertiary alicyclic amines) is 1. The highest BCUT2D eigenvalue weighted by Crippen LogP contribution is 2.34. The summed E-state index contributed by atoms with van der Waals surface area (Å²) in [6.45, 7) is 4.60. The van der Waals surface area contributed by atoms with Crippen LogP contribution in [-0.2, 0) is 6.54 Å². The maximum Gasteiger partial charge on any atom is 0.156 e. The van der Waals surface area contributed by atoms with E-state index in [4.69, 9.17) is 14.2 Å². The van der Waals surface area contributed by atoms with Gasteiger partial charge in [-0.05, 0) is 87.1 Å². The van der Waals surface area contributed by atoms with E-state index in [0.29, 0.717) is 12.6 Å². The highest BCUT2D eigenvalue weighted by Gasteiger charge is 2.21. The summed E-state index contributed by atoms with van der Waals surface area (Å²) in [6.07, 6.45) is 2.08. The number of halogens is 3. The zero-order valence-electron chi connectivity index (χ0n) is 25.1. The van der Waals surface area contributed by atoms with Crippen molar-refractivity contribution >= 4 is 53.8 Å². The number of rotatable bonds is 11. The Kier molecular flexibility index (Phi) is 14.6. The maximum atomic E-state index is 5.83. The SMILES string of the molecule is COc1ccc(-c2nnc(NC3CCN(Cc4ccc(OCCN(C)C)cc4)CC3)c3cc(OC)ccc23)cc1.Cl.Cl.Cl. The number of nitrogens with zero attached hydrogens (tertiary/aromatic N) is 4. The third-order valence-corrected chi connectivity index (χ3v) is 7.42. The Hall–Kier alpha value is -3.01. The average molecular weight is 651 g/mol. The van der Waals surface area contributed by atoms with Gasteiger partial charge in [0, 0.05) is 48.6 Å². The van der Waals surface area contributed by atoms with E-state index in [2.05, 4.69) is 69.7 Å². The zero-order valence-corrected chi connectivity index (χ0v) is 27.6. The van der Waals surface area contributed by atoms with Crippen LogP contribution in [0.5, 0.6) is 17.2 Å². The van der Waals surface area contributed by atoms with Gasteiger partial charge in [-0.1, -0.05) is 12.1 Å². The standard InChI is InChI=1S/C32H39N5O3.3ClH/c1-36(2)19-20-40-27-9-5-23(6-10-27)22-37-17-15-25(16-18-37)33-32-30-21-28(39-4)13-14-29(30)31(34-35-32)24-7-11-26(38-3)12-8-24;;;/h5-14,21,25H,15-20,22H2,1-4H3,(H,33,35);3*1H. The molecule has 1 aliphatic rings. The molecule has 1 saturated heterocycles. The predicted octanol–water partition coefficient (Wildman–Crippen LogP) is 6.60. The second-order valence-corrected chi connectivity index (χ2v) is 10.5. The lowest BCUT2D eigenvalue weighted by Gasteiger charge is -2.32. The second-order valence-electron chi connectivity index (χ2n) is 10.5. The summed E-state index contributed by atoms with van der Waals surface area (Å²) in [5.74, 6) is 3.34. The van der Waals surface area contributed by atoms with E-state index in [-0.39, 0.29) is 37.2 Å². The Morgan fingerprint density at radius 1 is 0.791 bits per heavy atom. The van der Waals surface area contributed by atoms with Crippen LogP contribution in [0.1, 0.15) is 18.4 Å². The molecule has 8 nitrogen and oxygen atoms in total. The van der Waals surface area contributed by atoms with Crippen molar-refractivity contribution in [3.8, 4) is 28.5 Å². The fourth-order valence-electron chi connectivity index (χ4n) is 5.05. The van der Waals surface area contributed by atoms with Crippen molar-refractivity contribution in [3.63, 3.8) is 0 Å². The molecule has 0 atom stereocenters. The molecule has 0 bridgehead atoms. The fourth-order valence-corrected chi connectivity index (χ4v) is 5.05. The monoisotopic (exact) mass is 649 g/mol. The molecule has 3 aromatic carbocycles. The van der Waals surface area contributed by atoms with Crippen molar-refractivity contribution in [2.45, 2.75) is 25.4 Å². The zero-order chi connectivity index (χ0) is 27.9. The first-order chi connectivity index (χ1) is 19.5. The van der Waals surface area contributed by atoms with Crippen molar-refractivity contribution in [1.82, 2.24) is 20.0 Å². The summed E-state index contributed by atoms with van der Waals surface area (Å²) in [4.78, 5) is 4.63. The lowest BCUT2D eigenvalue weighted by atomic mass is 10.0. The van der Waals surface area contributed by atoms with Gasteiger partial charge in [-0.25, -0.2) is 0 Å². The van der Waals surface area contributed by atoms with Gasteiger partial charge < -0.3 is 24.4 Å². The number of ether oxygens (including phenoxy) is 3. The van der Waals surface area contributed by atoms with E-state index in [1.165, 1.54) is 5.56 Å². The molecule has 234 valence electrons. The summed E-state index contributed by atoms with van der Waals surface area (Å²) >= 11 is 0. The number of likely N-dealkylation sites (N-methyl/N-ethyl adjacent to an activating group) is 1. The summed E-state index contributed by atoms with van der Waals surface area (Å²) in [5, 5.41) is 15.0. The van der Waals surface area contributed by atoms with E-state index in [0.717, 1.165) is 84.1 Å². The normalized spacial score (nSPS) is 13.4. The quantitative estimate of drug-likeness (QED) is 0.195. The van der Waals surface area contributed by atoms with Crippen LogP contribution in [0, 0.1) is 0 Å². The van der Waals surface area contributed by atoms with Gasteiger partial charge in [0.05, 0.1) is 14.2 Å². The van der Waals surface area contributed by atoms with Crippen LogP contribution in [0.2, 0.25) is 0 Å². The van der Waals surface area contributed by atoms with Crippen LogP contribution < -0.4 is 19.5 Å². The molecule has 0 saturated carbocycles. The second kappa shape index (κ2) is 17.3. The topological polar surface area (TPSA) is 72.0 Å². The summed E-state index contributed by atoms with van der Waals surface area (Å²) < 4.78 is 16.7. The van der Waals surface area contributed by atoms with E-state index in [1.54, 1.807) is 14.2 Å². The Labute approximate surface area is 273 Å². The lowest BCUT2D eigenvalue weighted by molar-refractivity contribution is 0.211. The molecule has 2 heterocycles. The van der Waals surface area contributed by atoms with Crippen molar-refractivity contribution in [1.29, 1.82) is 0 Å². The molecule has 0 aliphatic carbocycles. The third kappa shape index (κ3) is 9.49. The molecule has 0 spiro atoms. The third-order valence-electron chi connectivity index (χ3n) is 7.42. The van der Waals surface area contributed by atoms with E-state index in [9.17, 15) is 0 Å². The molecular formula is C32H42Cl3N5O3. The van der Waals surface area contributed by atoms with Crippen molar-refractivity contribution < 1.29 is 14.2 Å². The van der Waals surface area contributed by atoms with Crippen LogP contribution in [0.3, 0.4) is 0 Å². The molecule has 1 aliphatic heterocycles. The lowest BCUT2D eigenvalue weighted by Crippen LogP contribution is -2.38. The van der Waals surface area contributed by atoms with E-state index >= 15 is 0 Å². The molecule has 5 rings (SSSR count). The first-order valence-corrected chi connectivity index (χ1v) is 13.9. The molecule has 4 aromatic rings. The average Bonchev–Trinajstić information content (AvgIpc) is 2.99. The molecule has 0 radical (unpaired) electrons. The number of hydrogen-bond acceptors (Lipinski definition) is 8. The maximum absolute atomic E-state index is 5.83. The molecule has 1 aromatic heterocycles. The summed E-state index contributed by atoms with van der Waals surface area (Å²) in [7, 11) is 7.46. The van der Waals surface area contributed by atoms with Crippen LogP contribution in [-0.4, -0.2) is 80.6 Å². The minimum absolute atomic E-state index is 0. The van der Waals surface area contributed by atoms with Gasteiger partial charge in [0.1, 0.15) is 29.5 Å². The first kappa shape index (κ1) is 36.2. The molecule has 1 fully saturated rings. The minimum Gasteiger partial charge on any atom is -0.497 e. The smallest absolute Gasteiger partial charge is 0.156 e. The molecule has 0 amide bonds. The van der Waals surface area contributed by atoms with Crippen LogP contribution >= 0.6 is 37.2 Å². The van der Waals surface area contributed by atoms with Crippen LogP contribution in [0.25, 0.3) is 22.0 Å². The number of anilines is 1. The van der Waals surface area contributed by atoms with Gasteiger partial charge in [-0.15, -0.1) is 47.4 Å². The predicted molar refractivity (Wildman–Crippen MR) is 182 cm³/mol. The number of benzene rings is 3. The number of hydrogen-bond donors (Lipinski definition) is 1. The van der Waals surface area contributed by atoms with Gasteiger partial charge in [0.15, 0.2) is 5.82 Å². The van der Waals surface area contributed by atoms with E-state index in [1.807, 2.05) is 36.4 Å². The Morgan fingerprint density at radius 2 is 1.42 bits per heavy atom. The first-order valence-electron chi connectivity index (χ1n) is 13.9. The number of piperidine rings is 1. The molecule has 11 heteroatoms. The summed E-state index contributed by atoms with van der Waals surface area (Å²) in [6, 6.07) is 22.8. The van der Waals surface area contributed by atoms with Crippen LogP contribution in [0.15, 0.2) is 66.7 Å². The number of nitrogens with one attached hydrogen (secondary N) is 1. The van der Waals surface area contributed by atoms with Gasteiger partial charge in [0.25, 0.3) is 0 Å². The van der Waals surface area contributed by atoms with Crippen molar-refractivity contribution in [2.24, 2.45) is 0 Å². The minimum atomic E-state index is 0. The number of methoxy groups -OCH3 is 2. The van der Waals surface area contributed by atoms with Gasteiger partial charge in [0.2, 0.25) is 0 Å². The van der Waals surface area contributed by atoms with Crippen molar-refractivity contribution in [3.05, 3.63) is 72.3 Å². The Morgan fingerprint density at radius 3 is 2.05 bits per heavy atom. The molecule has 1 N–H and O–H groups in total. The number of fused-ring (bicyclic) bond motifs is 1. The van der Waals surface area contributed by atoms with Crippen molar-refractivity contribution in [2.75, 3.05) is 59.9 Å². The largest absolute Gasteiger partial charge is 0.497 e. The molecule has 43 heavy (non-hydrogen) atoms. The highest BCUT2D eigenvalue weighted by atomic mass is 35.5. The Bertz CT molecular complexity index is 1400. The summed E-state index contributed by atoms with van der Waals surface area (Å²) in [5.41, 5.74) is 3.15. The Balaban J connectivity index is 0.00000215.